The van der Waals surface area contributed by atoms with Crippen molar-refractivity contribution in [3.05, 3.63) is 62.7 Å². The molecule has 0 radical (unpaired) electrons. The molecule has 7 nitrogen and oxygen atoms in total. The van der Waals surface area contributed by atoms with E-state index in [1.807, 2.05) is 13.0 Å². The van der Waals surface area contributed by atoms with Crippen LogP contribution in [0.15, 0.2) is 41.5 Å². The van der Waals surface area contributed by atoms with Crippen molar-refractivity contribution in [2.75, 3.05) is 11.9 Å². The molecule has 1 N–H and O–H groups in total. The van der Waals surface area contributed by atoms with E-state index in [9.17, 15) is 14.9 Å². The molecule has 0 aliphatic rings. The maximum absolute atomic E-state index is 12.0. The minimum atomic E-state index is -0.673. The third-order valence-corrected chi connectivity index (χ3v) is 2.77. The summed E-state index contributed by atoms with van der Waals surface area (Å²) in [5.74, 6) is 0.674. The molecule has 0 bridgehead atoms. The standard InChI is InChI=1S/C13H14N4O3/c1-2-14-12-10(5-3-7-15-12)9-16-8-4-6-11(13(16)18)17(19)20/h3-8H,2,9H2,1H3,(H,14,15). The number of rotatable bonds is 5. The van der Waals surface area contributed by atoms with Crippen LogP contribution in [0, 0.1) is 10.1 Å². The molecule has 0 amide bonds. The largest absolute Gasteiger partial charge is 0.370 e. The molecule has 0 aliphatic carbocycles. The monoisotopic (exact) mass is 274 g/mol. The highest BCUT2D eigenvalue weighted by Gasteiger charge is 2.14. The number of nitrogens with one attached hydrogen (secondary N) is 1. The van der Waals surface area contributed by atoms with E-state index < -0.39 is 16.2 Å². The molecule has 20 heavy (non-hydrogen) atoms. The third kappa shape index (κ3) is 2.82. The second kappa shape index (κ2) is 5.96. The summed E-state index contributed by atoms with van der Waals surface area (Å²) in [5, 5.41) is 13.9. The average molecular weight is 274 g/mol. The van der Waals surface area contributed by atoms with E-state index in [1.54, 1.807) is 12.3 Å². The summed E-state index contributed by atoms with van der Waals surface area (Å²) in [7, 11) is 0. The molecular weight excluding hydrogens is 260 g/mol. The molecule has 0 fully saturated rings. The number of pyridine rings is 2. The van der Waals surface area contributed by atoms with Crippen LogP contribution in [0.4, 0.5) is 11.5 Å². The summed E-state index contributed by atoms with van der Waals surface area (Å²) in [6.07, 6.45) is 3.18. The quantitative estimate of drug-likeness (QED) is 0.661. The molecule has 0 aliphatic heterocycles. The lowest BCUT2D eigenvalue weighted by atomic mass is 10.2. The van der Waals surface area contributed by atoms with Crippen LogP contribution in [0.3, 0.4) is 0 Å². The molecule has 7 heteroatoms. The first-order valence-electron chi connectivity index (χ1n) is 6.15. The first-order chi connectivity index (χ1) is 9.63. The van der Waals surface area contributed by atoms with Crippen LogP contribution < -0.4 is 10.9 Å². The fraction of sp³-hybridized carbons (Fsp3) is 0.231. The van der Waals surface area contributed by atoms with E-state index in [0.717, 1.165) is 5.56 Å². The lowest BCUT2D eigenvalue weighted by molar-refractivity contribution is -0.386. The Kier molecular flexibility index (Phi) is 4.09. The highest BCUT2D eigenvalue weighted by molar-refractivity contribution is 5.43. The summed E-state index contributed by atoms with van der Waals surface area (Å²) in [6, 6.07) is 6.28. The third-order valence-electron chi connectivity index (χ3n) is 2.77. The van der Waals surface area contributed by atoms with Crippen molar-refractivity contribution < 1.29 is 4.92 Å². The predicted molar refractivity (Wildman–Crippen MR) is 74.9 cm³/mol. The Balaban J connectivity index is 2.38. The zero-order valence-corrected chi connectivity index (χ0v) is 10.9. The van der Waals surface area contributed by atoms with Crippen molar-refractivity contribution in [1.82, 2.24) is 9.55 Å². The van der Waals surface area contributed by atoms with Gasteiger partial charge in [0.2, 0.25) is 0 Å². The van der Waals surface area contributed by atoms with E-state index in [0.29, 0.717) is 12.4 Å². The van der Waals surface area contributed by atoms with Gasteiger partial charge in [0.05, 0.1) is 11.5 Å². The van der Waals surface area contributed by atoms with E-state index in [4.69, 9.17) is 0 Å². The smallest absolute Gasteiger partial charge is 0.334 e. The zero-order valence-electron chi connectivity index (χ0n) is 10.9. The molecule has 104 valence electrons. The van der Waals surface area contributed by atoms with Crippen molar-refractivity contribution >= 4 is 11.5 Å². The number of nitrogens with zero attached hydrogens (tertiary/aromatic N) is 3. The topological polar surface area (TPSA) is 90.1 Å². The number of nitro groups is 1. The second-order valence-corrected chi connectivity index (χ2v) is 4.13. The molecular formula is C13H14N4O3. The molecule has 2 rings (SSSR count). The number of anilines is 1. The summed E-state index contributed by atoms with van der Waals surface area (Å²) in [5.41, 5.74) is -0.248. The van der Waals surface area contributed by atoms with Gasteiger partial charge in [0.15, 0.2) is 0 Å². The van der Waals surface area contributed by atoms with Crippen molar-refractivity contribution in [2.24, 2.45) is 0 Å². The van der Waals surface area contributed by atoms with Gasteiger partial charge in [0, 0.05) is 30.6 Å². The molecule has 0 spiro atoms. The summed E-state index contributed by atoms with van der Waals surface area (Å²) < 4.78 is 1.30. The first-order valence-corrected chi connectivity index (χ1v) is 6.15. The molecule has 2 heterocycles. The summed E-state index contributed by atoms with van der Waals surface area (Å²) >= 11 is 0. The van der Waals surface area contributed by atoms with Crippen LogP contribution in [0.1, 0.15) is 12.5 Å². The lowest BCUT2D eigenvalue weighted by Crippen LogP contribution is -2.22. The van der Waals surface area contributed by atoms with Crippen molar-refractivity contribution in [1.29, 1.82) is 0 Å². The molecule has 0 saturated carbocycles. The van der Waals surface area contributed by atoms with Crippen molar-refractivity contribution in [3.63, 3.8) is 0 Å². The zero-order chi connectivity index (χ0) is 14.5. The van der Waals surface area contributed by atoms with Gasteiger partial charge in [-0.15, -0.1) is 0 Å². The highest BCUT2D eigenvalue weighted by Crippen LogP contribution is 2.13. The van der Waals surface area contributed by atoms with Crippen LogP contribution in [-0.4, -0.2) is 21.0 Å². The molecule has 0 atom stereocenters. The Bertz CT molecular complexity index is 681. The van der Waals surface area contributed by atoms with Gasteiger partial charge in [0.1, 0.15) is 5.82 Å². The van der Waals surface area contributed by atoms with Crippen LogP contribution in [0.2, 0.25) is 0 Å². The fourth-order valence-corrected chi connectivity index (χ4v) is 1.86. The van der Waals surface area contributed by atoms with E-state index in [-0.39, 0.29) is 6.54 Å². The van der Waals surface area contributed by atoms with Crippen LogP contribution in [-0.2, 0) is 6.54 Å². The first kappa shape index (κ1) is 13.7. The van der Waals surface area contributed by atoms with Crippen LogP contribution in [0.5, 0.6) is 0 Å². The fourth-order valence-electron chi connectivity index (χ4n) is 1.86. The molecule has 2 aromatic rings. The maximum atomic E-state index is 12.0. The summed E-state index contributed by atoms with van der Waals surface area (Å²) in [4.78, 5) is 26.2. The van der Waals surface area contributed by atoms with Gasteiger partial charge in [-0.1, -0.05) is 6.07 Å². The lowest BCUT2D eigenvalue weighted by Gasteiger charge is -2.10. The second-order valence-electron chi connectivity index (χ2n) is 4.13. The van der Waals surface area contributed by atoms with Gasteiger partial charge in [-0.25, -0.2) is 4.98 Å². The molecule has 0 aromatic carbocycles. The van der Waals surface area contributed by atoms with Gasteiger partial charge < -0.3 is 9.88 Å². The van der Waals surface area contributed by atoms with E-state index in [1.165, 1.54) is 22.9 Å². The Morgan fingerprint density at radius 2 is 2.20 bits per heavy atom. The number of hydrogen-bond donors (Lipinski definition) is 1. The summed E-state index contributed by atoms with van der Waals surface area (Å²) in [6.45, 7) is 2.88. The van der Waals surface area contributed by atoms with Crippen LogP contribution in [0.25, 0.3) is 0 Å². The normalized spacial score (nSPS) is 10.2. The van der Waals surface area contributed by atoms with Gasteiger partial charge in [-0.2, -0.15) is 0 Å². The van der Waals surface area contributed by atoms with Gasteiger partial charge in [-0.05, 0) is 19.1 Å². The van der Waals surface area contributed by atoms with Crippen molar-refractivity contribution in [2.45, 2.75) is 13.5 Å². The minimum Gasteiger partial charge on any atom is -0.370 e. The average Bonchev–Trinajstić information content (AvgIpc) is 2.43. The molecule has 0 unspecified atom stereocenters. The van der Waals surface area contributed by atoms with E-state index >= 15 is 0 Å². The molecule has 0 saturated heterocycles. The van der Waals surface area contributed by atoms with Gasteiger partial charge in [0.25, 0.3) is 0 Å². The van der Waals surface area contributed by atoms with E-state index in [2.05, 4.69) is 10.3 Å². The SMILES string of the molecule is CCNc1ncccc1Cn1cccc([N+](=O)[O-])c1=O. The van der Waals surface area contributed by atoms with Crippen molar-refractivity contribution in [3.8, 4) is 0 Å². The Morgan fingerprint density at radius 3 is 2.90 bits per heavy atom. The Labute approximate surface area is 115 Å². The Morgan fingerprint density at radius 1 is 1.40 bits per heavy atom. The highest BCUT2D eigenvalue weighted by atomic mass is 16.6. The molecule has 2 aromatic heterocycles. The Hall–Kier alpha value is -2.70. The van der Waals surface area contributed by atoms with Crippen LogP contribution >= 0.6 is 0 Å². The number of hydrogen-bond acceptors (Lipinski definition) is 5. The number of aromatic nitrogens is 2. The van der Waals surface area contributed by atoms with Gasteiger partial charge >= 0.3 is 11.2 Å². The predicted octanol–water partition coefficient (Wildman–Crippen LogP) is 1.63. The maximum Gasteiger partial charge on any atom is 0.334 e. The van der Waals surface area contributed by atoms with Gasteiger partial charge in [-0.3, -0.25) is 14.9 Å². The minimum absolute atomic E-state index is 0.233.